The third-order valence-corrected chi connectivity index (χ3v) is 6.72. The lowest BCUT2D eigenvalue weighted by atomic mass is 9.89. The number of hydrogen-bond acceptors (Lipinski definition) is 5. The fraction of sp³-hybridized carbons (Fsp3) is 0.840. The minimum Gasteiger partial charge on any atom is -0.462 e. The van der Waals surface area contributed by atoms with Gasteiger partial charge in [0.15, 0.2) is 5.78 Å². The Kier molecular flexibility index (Phi) is 10.0. The van der Waals surface area contributed by atoms with Crippen LogP contribution in [0.1, 0.15) is 91.9 Å². The summed E-state index contributed by atoms with van der Waals surface area (Å²) >= 11 is 0. The van der Waals surface area contributed by atoms with Crippen molar-refractivity contribution in [2.24, 2.45) is 17.8 Å². The second kappa shape index (κ2) is 12.0. The zero-order valence-electron chi connectivity index (χ0n) is 19.4. The summed E-state index contributed by atoms with van der Waals surface area (Å²) in [6.07, 6.45) is 6.76. The van der Waals surface area contributed by atoms with Gasteiger partial charge in [0.05, 0.1) is 18.1 Å². The molecule has 0 aromatic heterocycles. The van der Waals surface area contributed by atoms with Crippen LogP contribution in [-0.2, 0) is 19.1 Å². The van der Waals surface area contributed by atoms with Crippen molar-refractivity contribution in [1.82, 2.24) is 0 Å². The summed E-state index contributed by atoms with van der Waals surface area (Å²) in [5.74, 6) is -0.268. The van der Waals surface area contributed by atoms with Crippen molar-refractivity contribution in [3.63, 3.8) is 0 Å². The molecule has 1 unspecified atom stereocenters. The Bertz CT molecular complexity index is 586. The van der Waals surface area contributed by atoms with Crippen LogP contribution in [0.2, 0.25) is 0 Å². The number of Topliss-reactive ketones (excluding diaryl/α,β-unsaturated/α-hetero) is 1. The monoisotopic (exact) mass is 422 g/mol. The molecule has 2 aliphatic rings. The van der Waals surface area contributed by atoms with Crippen LogP contribution in [0.15, 0.2) is 12.2 Å². The molecule has 0 aliphatic carbocycles. The lowest BCUT2D eigenvalue weighted by molar-refractivity contribution is -0.154. The van der Waals surface area contributed by atoms with E-state index >= 15 is 0 Å². The largest absolute Gasteiger partial charge is 0.462 e. The minimum absolute atomic E-state index is 0.0546. The number of aliphatic hydroxyl groups excluding tert-OH is 1. The first kappa shape index (κ1) is 25.1. The number of cyclic esters (lactones) is 1. The van der Waals surface area contributed by atoms with Crippen LogP contribution in [0.4, 0.5) is 0 Å². The maximum absolute atomic E-state index is 12.7. The van der Waals surface area contributed by atoms with E-state index in [1.807, 2.05) is 13.8 Å². The van der Waals surface area contributed by atoms with E-state index in [2.05, 4.69) is 20.4 Å². The van der Waals surface area contributed by atoms with Gasteiger partial charge >= 0.3 is 5.97 Å². The summed E-state index contributed by atoms with van der Waals surface area (Å²) in [4.78, 5) is 25.3. The van der Waals surface area contributed by atoms with Gasteiger partial charge in [0.25, 0.3) is 0 Å². The average Bonchev–Trinajstić information content (AvgIpc) is 3.02. The molecule has 5 heteroatoms. The highest BCUT2D eigenvalue weighted by molar-refractivity contribution is 5.85. The van der Waals surface area contributed by atoms with Crippen LogP contribution in [0.3, 0.4) is 0 Å². The first-order valence-electron chi connectivity index (χ1n) is 12.0. The van der Waals surface area contributed by atoms with Crippen LogP contribution in [0.5, 0.6) is 0 Å². The van der Waals surface area contributed by atoms with E-state index in [1.54, 1.807) is 0 Å². The van der Waals surface area contributed by atoms with E-state index in [-0.39, 0.29) is 41.9 Å². The highest BCUT2D eigenvalue weighted by atomic mass is 16.5. The smallest absolute Gasteiger partial charge is 0.308 e. The fourth-order valence-electron chi connectivity index (χ4n) is 4.86. The average molecular weight is 423 g/mol. The lowest BCUT2D eigenvalue weighted by Crippen LogP contribution is -2.31. The zero-order chi connectivity index (χ0) is 22.3. The van der Waals surface area contributed by atoms with Crippen LogP contribution in [-0.4, -0.2) is 41.3 Å². The first-order valence-corrected chi connectivity index (χ1v) is 12.0. The van der Waals surface area contributed by atoms with Gasteiger partial charge in [-0.1, -0.05) is 59.1 Å². The SMILES string of the molecule is C=C1CC(CCC)OC(=O)[C@@H](C)CCCC[C@@H]2O[C@@H](C[C@@H](O)C(=O)[C@H](C)C1)C[C@@H]2C. The Morgan fingerprint density at radius 3 is 2.43 bits per heavy atom. The van der Waals surface area contributed by atoms with Gasteiger partial charge in [0.1, 0.15) is 12.2 Å². The van der Waals surface area contributed by atoms with E-state index in [1.165, 1.54) is 0 Å². The van der Waals surface area contributed by atoms with Crippen LogP contribution in [0, 0.1) is 17.8 Å². The lowest BCUT2D eigenvalue weighted by Gasteiger charge is -2.23. The van der Waals surface area contributed by atoms with Crippen molar-refractivity contribution in [2.75, 3.05) is 0 Å². The summed E-state index contributed by atoms with van der Waals surface area (Å²) in [5.41, 5.74) is 0.897. The minimum atomic E-state index is -0.993. The van der Waals surface area contributed by atoms with E-state index in [0.717, 1.165) is 50.5 Å². The topological polar surface area (TPSA) is 72.8 Å². The number of rotatable bonds is 2. The number of ether oxygens (including phenoxy) is 2. The summed E-state index contributed by atoms with van der Waals surface area (Å²) in [6, 6.07) is 0. The molecule has 0 spiro atoms. The number of esters is 1. The standard InChI is InChI=1S/C25H42O5/c1-6-9-20-13-16(2)12-19(5)24(27)22(26)15-21-14-18(4)23(29-21)11-8-7-10-17(3)25(28)30-20/h17-23,26H,2,6-15H2,1,3-5H3/t17-,18-,19+,20?,21+,22+,23-/m0/s1. The summed E-state index contributed by atoms with van der Waals surface area (Å²) in [6.45, 7) is 12.2. The molecular weight excluding hydrogens is 380 g/mol. The molecule has 0 aromatic carbocycles. The second-order valence-corrected chi connectivity index (χ2v) is 9.76. The summed E-state index contributed by atoms with van der Waals surface area (Å²) in [5, 5.41) is 10.5. The van der Waals surface area contributed by atoms with Gasteiger partial charge in [-0.15, -0.1) is 0 Å². The van der Waals surface area contributed by atoms with Gasteiger partial charge in [-0.2, -0.15) is 0 Å². The van der Waals surface area contributed by atoms with Gasteiger partial charge in [-0.25, -0.2) is 0 Å². The molecule has 2 aliphatic heterocycles. The molecule has 0 saturated carbocycles. The van der Waals surface area contributed by atoms with Gasteiger partial charge in [-0.3, -0.25) is 9.59 Å². The highest BCUT2D eigenvalue weighted by Crippen LogP contribution is 2.33. The molecule has 7 atom stereocenters. The van der Waals surface area contributed by atoms with Crippen molar-refractivity contribution in [3.05, 3.63) is 12.2 Å². The molecule has 172 valence electrons. The van der Waals surface area contributed by atoms with Crippen LogP contribution >= 0.6 is 0 Å². The Labute approximate surface area is 182 Å². The number of aliphatic hydroxyl groups is 1. The maximum Gasteiger partial charge on any atom is 0.308 e. The van der Waals surface area contributed by atoms with Crippen molar-refractivity contribution in [1.29, 1.82) is 0 Å². The number of carbonyl (C=O) groups is 2. The number of fused-ring (bicyclic) bond motifs is 2. The number of hydrogen-bond donors (Lipinski definition) is 1. The molecule has 30 heavy (non-hydrogen) atoms. The fourth-order valence-corrected chi connectivity index (χ4v) is 4.86. The van der Waals surface area contributed by atoms with Crippen LogP contribution in [0.25, 0.3) is 0 Å². The molecule has 2 rings (SSSR count). The molecule has 0 aromatic rings. The number of carbonyl (C=O) groups excluding carboxylic acids is 2. The molecule has 0 radical (unpaired) electrons. The van der Waals surface area contributed by atoms with Crippen molar-refractivity contribution in [2.45, 2.75) is 116 Å². The normalized spacial score (nSPS) is 38.0. The van der Waals surface area contributed by atoms with Gasteiger partial charge in [-0.05, 0) is 38.0 Å². The van der Waals surface area contributed by atoms with Crippen molar-refractivity contribution in [3.8, 4) is 0 Å². The molecule has 2 heterocycles. The third kappa shape index (κ3) is 7.49. The number of ketones is 1. The van der Waals surface area contributed by atoms with E-state index < -0.39 is 6.10 Å². The van der Waals surface area contributed by atoms with Gasteiger partial charge < -0.3 is 14.6 Å². The van der Waals surface area contributed by atoms with Gasteiger partial charge in [0.2, 0.25) is 0 Å². The molecule has 2 fully saturated rings. The summed E-state index contributed by atoms with van der Waals surface area (Å²) < 4.78 is 12.0. The zero-order valence-corrected chi connectivity index (χ0v) is 19.4. The predicted molar refractivity (Wildman–Crippen MR) is 118 cm³/mol. The molecule has 2 bridgehead atoms. The third-order valence-electron chi connectivity index (χ3n) is 6.72. The Morgan fingerprint density at radius 1 is 1.03 bits per heavy atom. The summed E-state index contributed by atoms with van der Waals surface area (Å²) in [7, 11) is 0. The predicted octanol–water partition coefficient (Wildman–Crippen LogP) is 4.99. The van der Waals surface area contributed by atoms with Gasteiger partial charge in [0, 0.05) is 18.8 Å². The van der Waals surface area contributed by atoms with Crippen molar-refractivity contribution < 1.29 is 24.2 Å². The Balaban J connectivity index is 2.09. The van der Waals surface area contributed by atoms with E-state index in [4.69, 9.17) is 9.47 Å². The molecule has 2 saturated heterocycles. The van der Waals surface area contributed by atoms with E-state index in [9.17, 15) is 14.7 Å². The first-order chi connectivity index (χ1) is 14.2. The molecular formula is C25H42O5. The molecule has 0 amide bonds. The molecule has 1 N–H and O–H groups in total. The second-order valence-electron chi connectivity index (χ2n) is 9.76. The quantitative estimate of drug-likeness (QED) is 0.501. The van der Waals surface area contributed by atoms with Crippen molar-refractivity contribution >= 4 is 11.8 Å². The highest BCUT2D eigenvalue weighted by Gasteiger charge is 2.35. The Hall–Kier alpha value is -1.20. The van der Waals surface area contributed by atoms with Crippen LogP contribution < -0.4 is 0 Å². The maximum atomic E-state index is 12.7. The van der Waals surface area contributed by atoms with E-state index in [0.29, 0.717) is 25.2 Å². The Morgan fingerprint density at radius 2 is 1.73 bits per heavy atom. The molecule has 5 nitrogen and oxygen atoms in total.